The fraction of sp³-hybridized carbons (Fsp3) is 0.476. The Bertz CT molecular complexity index is 789. The van der Waals surface area contributed by atoms with E-state index >= 15 is 0 Å². The van der Waals surface area contributed by atoms with Crippen molar-refractivity contribution in [3.63, 3.8) is 0 Å². The molecule has 150 valence electrons. The number of benzene rings is 1. The van der Waals surface area contributed by atoms with Crippen molar-refractivity contribution < 1.29 is 9.52 Å². The maximum atomic E-state index is 9.66. The molecule has 2 heterocycles. The third kappa shape index (κ3) is 4.31. The molecule has 1 saturated carbocycles. The van der Waals surface area contributed by atoms with Crippen molar-refractivity contribution in [2.24, 2.45) is 0 Å². The first kappa shape index (κ1) is 20.6. The number of oxazole rings is 1. The van der Waals surface area contributed by atoms with Crippen molar-refractivity contribution in [3.05, 3.63) is 42.3 Å². The van der Waals surface area contributed by atoms with Crippen LogP contribution in [0.4, 0.5) is 0 Å². The molecule has 0 amide bonds. The smallest absolute Gasteiger partial charge is 0.225 e. The predicted octanol–water partition coefficient (Wildman–Crippen LogP) is 3.81. The quantitative estimate of drug-likeness (QED) is 0.663. The Balaban J connectivity index is 0.00000109. The lowest BCUT2D eigenvalue weighted by molar-refractivity contribution is 0.257. The Kier molecular flexibility index (Phi) is 6.25. The van der Waals surface area contributed by atoms with Crippen molar-refractivity contribution in [3.8, 4) is 11.5 Å². The minimum absolute atomic E-state index is 0.126. The molecule has 2 aromatic rings. The van der Waals surface area contributed by atoms with E-state index in [1.165, 1.54) is 18.4 Å². The van der Waals surface area contributed by atoms with Crippen LogP contribution in [0.3, 0.4) is 0 Å². The standard InChI is InChI=1S/C20H25N3O2S.CH3N/c1-19(14-24)12-17(21)23(9-11-26-19)13-20(6-7-20)16-4-2-15(3-5-16)18-22-8-10-25-18;1-2/h2-5,8,10,21,24H,6-7,9,11-14H2,1H3;2H,1H2. The van der Waals surface area contributed by atoms with Crippen LogP contribution in [0.1, 0.15) is 31.7 Å². The average Bonchev–Trinajstić information content (AvgIpc) is 3.34. The van der Waals surface area contributed by atoms with Gasteiger partial charge in [0.2, 0.25) is 5.89 Å². The highest BCUT2D eigenvalue weighted by Gasteiger charge is 2.46. The van der Waals surface area contributed by atoms with E-state index in [4.69, 9.17) is 15.2 Å². The maximum Gasteiger partial charge on any atom is 0.225 e. The number of aliphatic hydroxyl groups is 1. The molecule has 1 aromatic carbocycles. The summed E-state index contributed by atoms with van der Waals surface area (Å²) in [6.07, 6.45) is 6.22. The number of nitrogens with one attached hydrogen (secondary N) is 2. The number of aliphatic hydroxyl groups excluding tert-OH is 1. The van der Waals surface area contributed by atoms with E-state index in [-0.39, 0.29) is 16.8 Å². The second-order valence-electron chi connectivity index (χ2n) is 7.70. The molecule has 1 saturated heterocycles. The Hall–Kier alpha value is -2.12. The van der Waals surface area contributed by atoms with Crippen molar-refractivity contribution in [2.45, 2.75) is 36.3 Å². The zero-order valence-corrected chi connectivity index (χ0v) is 17.1. The molecular weight excluding hydrogens is 372 g/mol. The van der Waals surface area contributed by atoms with Gasteiger partial charge in [0, 0.05) is 41.0 Å². The van der Waals surface area contributed by atoms with Gasteiger partial charge in [-0.3, -0.25) is 5.41 Å². The van der Waals surface area contributed by atoms with E-state index < -0.39 is 0 Å². The molecule has 7 heteroatoms. The van der Waals surface area contributed by atoms with Crippen LogP contribution in [0.5, 0.6) is 0 Å². The molecule has 28 heavy (non-hydrogen) atoms. The molecule has 0 radical (unpaired) electrons. The summed E-state index contributed by atoms with van der Waals surface area (Å²) in [6, 6.07) is 8.52. The first-order chi connectivity index (χ1) is 13.5. The van der Waals surface area contributed by atoms with E-state index in [0.717, 1.165) is 24.4 Å². The minimum atomic E-state index is -0.222. The van der Waals surface area contributed by atoms with Crippen molar-refractivity contribution in [1.82, 2.24) is 9.88 Å². The molecule has 2 fully saturated rings. The highest BCUT2D eigenvalue weighted by Crippen LogP contribution is 2.49. The van der Waals surface area contributed by atoms with E-state index in [1.54, 1.807) is 24.2 Å². The summed E-state index contributed by atoms with van der Waals surface area (Å²) in [7, 11) is 0. The number of aromatic nitrogens is 1. The van der Waals surface area contributed by atoms with Crippen LogP contribution in [-0.2, 0) is 5.41 Å². The number of nitrogens with zero attached hydrogens (tertiary/aromatic N) is 2. The van der Waals surface area contributed by atoms with Gasteiger partial charge in [0.15, 0.2) is 0 Å². The monoisotopic (exact) mass is 400 g/mol. The van der Waals surface area contributed by atoms with Crippen molar-refractivity contribution >= 4 is 24.3 Å². The summed E-state index contributed by atoms with van der Waals surface area (Å²) < 4.78 is 5.15. The highest BCUT2D eigenvalue weighted by molar-refractivity contribution is 8.00. The average molecular weight is 401 g/mol. The molecule has 3 N–H and O–H groups in total. The largest absolute Gasteiger partial charge is 0.445 e. The summed E-state index contributed by atoms with van der Waals surface area (Å²) in [5.74, 6) is 2.27. The summed E-state index contributed by atoms with van der Waals surface area (Å²) in [5.41, 5.74) is 2.49. The molecule has 0 bridgehead atoms. The van der Waals surface area contributed by atoms with Gasteiger partial charge in [-0.1, -0.05) is 12.1 Å². The Morgan fingerprint density at radius 1 is 1.29 bits per heavy atom. The summed E-state index contributed by atoms with van der Waals surface area (Å²) >= 11 is 1.79. The van der Waals surface area contributed by atoms with Gasteiger partial charge >= 0.3 is 0 Å². The van der Waals surface area contributed by atoms with Gasteiger partial charge in [0.05, 0.1) is 18.6 Å². The number of thioether (sulfide) groups is 1. The molecule has 2 aliphatic rings. The van der Waals surface area contributed by atoms with Crippen LogP contribution in [0, 0.1) is 10.8 Å². The normalized spacial score (nSPS) is 23.5. The van der Waals surface area contributed by atoms with Crippen LogP contribution in [0.15, 0.2) is 41.1 Å². The molecule has 1 atom stereocenters. The lowest BCUT2D eigenvalue weighted by Crippen LogP contribution is -2.39. The molecule has 1 unspecified atom stereocenters. The third-order valence-corrected chi connectivity index (χ3v) is 6.95. The van der Waals surface area contributed by atoms with Crippen LogP contribution in [0.25, 0.3) is 11.5 Å². The topological polar surface area (TPSA) is 97.2 Å². The van der Waals surface area contributed by atoms with Gasteiger partial charge in [-0.25, -0.2) is 4.98 Å². The molecule has 1 aliphatic heterocycles. The summed E-state index contributed by atoms with van der Waals surface area (Å²) in [6.45, 7) is 6.47. The van der Waals surface area contributed by atoms with E-state index in [2.05, 4.69) is 47.8 Å². The van der Waals surface area contributed by atoms with Gasteiger partial charge < -0.3 is 19.8 Å². The predicted molar refractivity (Wildman–Crippen MR) is 115 cm³/mol. The maximum absolute atomic E-state index is 9.66. The third-order valence-electron chi connectivity index (χ3n) is 5.59. The highest BCUT2D eigenvalue weighted by atomic mass is 32.2. The Morgan fingerprint density at radius 2 is 2.00 bits per heavy atom. The van der Waals surface area contributed by atoms with E-state index in [9.17, 15) is 5.11 Å². The molecule has 0 spiro atoms. The number of amidine groups is 1. The molecule has 1 aromatic heterocycles. The SMILES string of the molecule is C=N.CC1(CO)CC(=N)N(CC2(c3ccc(-c4ncco4)cc3)CC2)CCS1. The zero-order chi connectivity index (χ0) is 20.2. The summed E-state index contributed by atoms with van der Waals surface area (Å²) in [4.78, 5) is 6.43. The summed E-state index contributed by atoms with van der Waals surface area (Å²) in [5, 5.41) is 23.7. The molecule has 4 rings (SSSR count). The van der Waals surface area contributed by atoms with Crippen molar-refractivity contribution in [1.29, 1.82) is 10.8 Å². The second kappa shape index (κ2) is 8.49. The van der Waals surface area contributed by atoms with Crippen molar-refractivity contribution in [2.75, 3.05) is 25.4 Å². The van der Waals surface area contributed by atoms with Gasteiger partial charge in [-0.2, -0.15) is 11.8 Å². The van der Waals surface area contributed by atoms with Gasteiger partial charge in [0.1, 0.15) is 6.26 Å². The zero-order valence-electron chi connectivity index (χ0n) is 16.3. The fourth-order valence-corrected chi connectivity index (χ4v) is 4.85. The van der Waals surface area contributed by atoms with E-state index in [0.29, 0.717) is 18.1 Å². The van der Waals surface area contributed by atoms with Crippen LogP contribution < -0.4 is 0 Å². The number of rotatable bonds is 5. The minimum Gasteiger partial charge on any atom is -0.445 e. The number of hydrogen-bond donors (Lipinski definition) is 3. The Morgan fingerprint density at radius 3 is 2.57 bits per heavy atom. The number of hydrogen-bond acceptors (Lipinski definition) is 6. The Labute approximate surface area is 170 Å². The fourth-order valence-electron chi connectivity index (χ4n) is 3.72. The second-order valence-corrected chi connectivity index (χ2v) is 9.38. The molecule has 1 aliphatic carbocycles. The van der Waals surface area contributed by atoms with Gasteiger partial charge in [0.25, 0.3) is 0 Å². The van der Waals surface area contributed by atoms with Gasteiger partial charge in [-0.05, 0) is 44.2 Å². The molecule has 6 nitrogen and oxygen atoms in total. The van der Waals surface area contributed by atoms with Crippen LogP contribution in [0.2, 0.25) is 0 Å². The first-order valence-corrected chi connectivity index (χ1v) is 10.5. The van der Waals surface area contributed by atoms with Gasteiger partial charge in [-0.15, -0.1) is 0 Å². The van der Waals surface area contributed by atoms with E-state index in [1.807, 2.05) is 0 Å². The van der Waals surface area contributed by atoms with Crippen LogP contribution in [-0.4, -0.2) is 57.7 Å². The molecular formula is C21H28N4O2S. The lowest BCUT2D eigenvalue weighted by Gasteiger charge is -2.30. The van der Waals surface area contributed by atoms with Crippen LogP contribution >= 0.6 is 11.8 Å². The first-order valence-electron chi connectivity index (χ1n) is 9.47. The lowest BCUT2D eigenvalue weighted by atomic mass is 9.93.